The van der Waals surface area contributed by atoms with Gasteiger partial charge in [0.15, 0.2) is 0 Å². The zero-order chi connectivity index (χ0) is 30.5. The lowest BCUT2D eigenvalue weighted by Gasteiger charge is -2.19. The van der Waals surface area contributed by atoms with E-state index in [1.807, 2.05) is 61.7 Å². The Labute approximate surface area is 255 Å². The van der Waals surface area contributed by atoms with Crippen LogP contribution in [0.1, 0.15) is 23.0 Å². The molecule has 8 rings (SSSR count). The number of para-hydroxylation sites is 1. The second-order valence-corrected chi connectivity index (χ2v) is 10.3. The van der Waals surface area contributed by atoms with Crippen molar-refractivity contribution >= 4 is 67.3 Å². The van der Waals surface area contributed by atoms with Crippen LogP contribution in [0.2, 0.25) is 0 Å². The number of aliphatic imine (C=N–C) groups is 1. The lowest BCUT2D eigenvalue weighted by atomic mass is 9.86. The van der Waals surface area contributed by atoms with Crippen molar-refractivity contribution < 1.29 is 4.42 Å². The molecule has 5 aromatic carbocycles. The molecule has 6 heteroatoms. The first kappa shape index (κ1) is 28.2. The minimum Gasteiger partial charge on any atom is -0.456 e. The molecular weight excluding hydrogens is 542 g/mol. The van der Waals surface area contributed by atoms with Gasteiger partial charge < -0.3 is 10.2 Å². The summed E-state index contributed by atoms with van der Waals surface area (Å²) < 4.78 is 6.41. The zero-order valence-corrected chi connectivity index (χ0v) is 24.3. The molecule has 0 fully saturated rings. The summed E-state index contributed by atoms with van der Waals surface area (Å²) in [6.07, 6.45) is 4.35. The topological polar surface area (TPSA) is 101 Å². The fraction of sp³-hybridized carbons (Fsp3) is 0.0526. The highest BCUT2D eigenvalue weighted by Gasteiger charge is 2.25. The van der Waals surface area contributed by atoms with Crippen LogP contribution in [-0.4, -0.2) is 23.0 Å². The lowest BCUT2D eigenvalue weighted by molar-refractivity contribution is 0.669. The molecule has 3 N–H and O–H groups in total. The maximum absolute atomic E-state index is 6.41. The number of fused-ring (bicyclic) bond motifs is 9. The highest BCUT2D eigenvalue weighted by molar-refractivity contribution is 6.30. The van der Waals surface area contributed by atoms with Gasteiger partial charge in [-0.05, 0) is 82.4 Å². The third-order valence-corrected chi connectivity index (χ3v) is 7.65. The van der Waals surface area contributed by atoms with E-state index < -0.39 is 0 Å². The molecule has 3 aromatic heterocycles. The van der Waals surface area contributed by atoms with Crippen molar-refractivity contribution in [2.24, 2.45) is 10.7 Å². The smallest absolute Gasteiger partial charge is 0.136 e. The molecule has 214 valence electrons. The molecule has 0 spiro atoms. The highest BCUT2D eigenvalue weighted by Crippen LogP contribution is 2.46. The number of hydrogen-bond donors (Lipinski definition) is 2. The van der Waals surface area contributed by atoms with E-state index in [1.165, 1.54) is 26.9 Å². The Kier molecular flexibility index (Phi) is 8.06. The molecule has 0 amide bonds. The van der Waals surface area contributed by atoms with Gasteiger partial charge in [-0.2, -0.15) is 0 Å². The van der Waals surface area contributed by atoms with E-state index in [0.717, 1.165) is 50.6 Å². The fourth-order valence-corrected chi connectivity index (χ4v) is 5.90. The van der Waals surface area contributed by atoms with Crippen molar-refractivity contribution in [2.75, 3.05) is 0 Å². The van der Waals surface area contributed by atoms with E-state index in [9.17, 15) is 0 Å². The molecule has 1 atom stereocenters. The van der Waals surface area contributed by atoms with Gasteiger partial charge in [-0.25, -0.2) is 0 Å². The predicted octanol–water partition coefficient (Wildman–Crippen LogP) is 9.17. The van der Waals surface area contributed by atoms with Gasteiger partial charge in [0.1, 0.15) is 17.2 Å². The number of pyridine rings is 2. The first-order chi connectivity index (χ1) is 21.7. The molecule has 6 nitrogen and oxygen atoms in total. The quantitative estimate of drug-likeness (QED) is 0.125. The van der Waals surface area contributed by atoms with E-state index in [4.69, 9.17) is 9.83 Å². The van der Waals surface area contributed by atoms with Gasteiger partial charge in [0, 0.05) is 34.4 Å². The summed E-state index contributed by atoms with van der Waals surface area (Å²) in [4.78, 5) is 13.3. The number of nitrogens with two attached hydrogens (primary N) is 1. The number of hydrogen-bond acceptors (Lipinski definition) is 5. The van der Waals surface area contributed by atoms with Crippen molar-refractivity contribution in [3.63, 3.8) is 0 Å². The first-order valence-corrected chi connectivity index (χ1v) is 14.3. The molecule has 1 unspecified atom stereocenters. The van der Waals surface area contributed by atoms with Gasteiger partial charge in [0.25, 0.3) is 0 Å². The summed E-state index contributed by atoms with van der Waals surface area (Å²) in [6, 6.07) is 39.1. The van der Waals surface area contributed by atoms with E-state index in [1.54, 1.807) is 6.20 Å². The van der Waals surface area contributed by atoms with Crippen molar-refractivity contribution in [2.45, 2.75) is 13.0 Å². The minimum absolute atomic E-state index is 0.335. The lowest BCUT2D eigenvalue weighted by Crippen LogP contribution is -2.03. The number of nitrogens with zero attached hydrogens (tertiary/aromatic N) is 3. The van der Waals surface area contributed by atoms with Crippen LogP contribution >= 0.6 is 0 Å². The minimum atomic E-state index is -0.335. The van der Waals surface area contributed by atoms with E-state index in [0.29, 0.717) is 0 Å². The summed E-state index contributed by atoms with van der Waals surface area (Å²) in [5.74, 6) is 0. The maximum Gasteiger partial charge on any atom is 0.136 e. The Balaban J connectivity index is 0.000000297. The number of aryl methyl sites for hydroxylation is 1. The number of aromatic nitrogens is 2. The van der Waals surface area contributed by atoms with Gasteiger partial charge in [-0.1, -0.05) is 78.9 Å². The Morgan fingerprint density at radius 3 is 1.80 bits per heavy atom. The maximum atomic E-state index is 6.41. The number of rotatable bonds is 3. The molecule has 0 aliphatic rings. The average molecular weight is 574 g/mol. The second-order valence-electron chi connectivity index (χ2n) is 10.3. The Morgan fingerprint density at radius 2 is 1.23 bits per heavy atom. The summed E-state index contributed by atoms with van der Waals surface area (Å²) in [6.45, 7) is 5.99. The van der Waals surface area contributed by atoms with Crippen LogP contribution in [-0.2, 0) is 0 Å². The number of nitrogens with one attached hydrogen (secondary N) is 1. The van der Waals surface area contributed by atoms with Crippen LogP contribution in [0.25, 0.3) is 54.3 Å². The molecule has 0 saturated heterocycles. The summed E-state index contributed by atoms with van der Waals surface area (Å²) in [7, 11) is 0. The Hall–Kier alpha value is -5.88. The zero-order valence-electron chi connectivity index (χ0n) is 24.3. The number of furan rings is 1. The molecule has 0 bridgehead atoms. The summed E-state index contributed by atoms with van der Waals surface area (Å²) in [5, 5.41) is 15.2. The molecular formula is C38H31N5O. The van der Waals surface area contributed by atoms with Crippen LogP contribution in [0.5, 0.6) is 0 Å². The SMILES string of the molecule is C=NC(c1ccccn1)c1c2c(cc3c4ccccc4c4ccccc4c13)oc1ccccc12.Cc1ccccn1.N=CN. The Morgan fingerprint density at radius 1 is 0.682 bits per heavy atom. The molecule has 8 aromatic rings. The number of benzene rings is 5. The van der Waals surface area contributed by atoms with Crippen LogP contribution in [0.3, 0.4) is 0 Å². The van der Waals surface area contributed by atoms with Crippen molar-refractivity contribution in [3.05, 3.63) is 145 Å². The van der Waals surface area contributed by atoms with Gasteiger partial charge in [0.05, 0.1) is 12.0 Å². The van der Waals surface area contributed by atoms with Crippen molar-refractivity contribution in [3.8, 4) is 0 Å². The van der Waals surface area contributed by atoms with E-state index in [-0.39, 0.29) is 6.04 Å². The summed E-state index contributed by atoms with van der Waals surface area (Å²) in [5.41, 5.74) is 9.14. The fourth-order valence-electron chi connectivity index (χ4n) is 5.90. The third-order valence-electron chi connectivity index (χ3n) is 7.65. The van der Waals surface area contributed by atoms with Crippen LogP contribution in [0.4, 0.5) is 0 Å². The van der Waals surface area contributed by atoms with Gasteiger partial charge in [-0.15, -0.1) is 0 Å². The second kappa shape index (κ2) is 12.5. The normalized spacial score (nSPS) is 11.5. The van der Waals surface area contributed by atoms with E-state index in [2.05, 4.69) is 94.1 Å². The first-order valence-electron chi connectivity index (χ1n) is 14.3. The summed E-state index contributed by atoms with van der Waals surface area (Å²) >= 11 is 0. The molecule has 44 heavy (non-hydrogen) atoms. The van der Waals surface area contributed by atoms with Crippen LogP contribution in [0.15, 0.2) is 137 Å². The van der Waals surface area contributed by atoms with Crippen molar-refractivity contribution in [1.82, 2.24) is 9.97 Å². The average Bonchev–Trinajstić information content (AvgIpc) is 3.45. The largest absolute Gasteiger partial charge is 0.456 e. The van der Waals surface area contributed by atoms with Crippen LogP contribution in [0, 0.1) is 12.3 Å². The third kappa shape index (κ3) is 5.14. The monoisotopic (exact) mass is 573 g/mol. The van der Waals surface area contributed by atoms with Gasteiger partial charge >= 0.3 is 0 Å². The molecule has 0 aliphatic carbocycles. The highest BCUT2D eigenvalue weighted by atomic mass is 16.3. The van der Waals surface area contributed by atoms with E-state index >= 15 is 0 Å². The standard InChI is InChI=1S/C31H20N2O.C6H7N.CH4N2/c1-32-31(25-15-8-9-17-33-25)30-28-22-13-5-4-11-20(22)19-10-2-3-12-21(19)24(28)18-27-29(30)23-14-6-7-16-26(23)34-27;1-6-4-2-3-5-7-6;2-1-3/h2-18,31H,1H2;2-5H,1H3;1H,(H3,2,3). The molecule has 0 radical (unpaired) electrons. The van der Waals surface area contributed by atoms with Crippen molar-refractivity contribution in [1.29, 1.82) is 5.41 Å². The molecule has 3 heterocycles. The molecule has 0 saturated carbocycles. The van der Waals surface area contributed by atoms with Gasteiger partial charge in [-0.3, -0.25) is 20.4 Å². The van der Waals surface area contributed by atoms with Gasteiger partial charge in [0.2, 0.25) is 0 Å². The molecule has 0 aliphatic heterocycles. The van der Waals surface area contributed by atoms with Crippen LogP contribution < -0.4 is 5.73 Å². The Bertz CT molecular complexity index is 2240. The predicted molar refractivity (Wildman–Crippen MR) is 184 cm³/mol.